The van der Waals surface area contributed by atoms with E-state index in [9.17, 15) is 9.18 Å². The third-order valence-corrected chi connectivity index (χ3v) is 3.70. The lowest BCUT2D eigenvalue weighted by atomic mass is 10.1. The quantitative estimate of drug-likeness (QED) is 0.864. The van der Waals surface area contributed by atoms with E-state index in [1.807, 2.05) is 0 Å². The van der Waals surface area contributed by atoms with E-state index in [-0.39, 0.29) is 23.8 Å². The van der Waals surface area contributed by atoms with Crippen molar-refractivity contribution in [3.63, 3.8) is 0 Å². The highest BCUT2D eigenvalue weighted by Gasteiger charge is 2.30. The molecule has 1 amide bonds. The molecule has 0 saturated carbocycles. The Labute approximate surface area is 123 Å². The van der Waals surface area contributed by atoms with Crippen LogP contribution in [0.25, 0.3) is 0 Å². The number of carbonyl (C=O) groups is 1. The monoisotopic (exact) mass is 296 g/mol. The summed E-state index contributed by atoms with van der Waals surface area (Å²) in [5.74, 6) is -0.451. The maximum Gasteiger partial charge on any atom is 0.249 e. The summed E-state index contributed by atoms with van der Waals surface area (Å²) in [5.41, 5.74) is 6.20. The van der Waals surface area contributed by atoms with Gasteiger partial charge in [-0.15, -0.1) is 0 Å². The molecule has 5 nitrogen and oxygen atoms in total. The van der Waals surface area contributed by atoms with Gasteiger partial charge in [0.05, 0.1) is 19.3 Å². The molecule has 6 heteroatoms. The molecule has 1 fully saturated rings. The van der Waals surface area contributed by atoms with Crippen molar-refractivity contribution in [3.05, 3.63) is 29.6 Å². The second-order valence-electron chi connectivity index (χ2n) is 5.18. The number of nitrogens with two attached hydrogens (primary N) is 1. The molecule has 1 aliphatic rings. The van der Waals surface area contributed by atoms with Gasteiger partial charge in [-0.05, 0) is 37.5 Å². The van der Waals surface area contributed by atoms with Gasteiger partial charge in [-0.2, -0.15) is 0 Å². The predicted octanol–water partition coefficient (Wildman–Crippen LogP) is 1.52. The van der Waals surface area contributed by atoms with Crippen LogP contribution in [0.4, 0.5) is 4.39 Å². The Balaban J connectivity index is 1.96. The number of rotatable bonds is 5. The number of hydrogen-bond acceptors (Lipinski definition) is 4. The van der Waals surface area contributed by atoms with E-state index < -0.39 is 11.9 Å². The van der Waals surface area contributed by atoms with E-state index >= 15 is 0 Å². The van der Waals surface area contributed by atoms with Crippen LogP contribution in [0.2, 0.25) is 0 Å². The topological polar surface area (TPSA) is 73.6 Å². The van der Waals surface area contributed by atoms with Gasteiger partial charge < -0.3 is 20.5 Å². The highest BCUT2D eigenvalue weighted by Crippen LogP contribution is 2.23. The van der Waals surface area contributed by atoms with Crippen molar-refractivity contribution in [2.75, 3.05) is 13.7 Å². The van der Waals surface area contributed by atoms with Crippen LogP contribution < -0.4 is 15.8 Å². The molecule has 1 aromatic rings. The molecule has 0 aliphatic carbocycles. The molecule has 116 valence electrons. The van der Waals surface area contributed by atoms with Gasteiger partial charge in [-0.3, -0.25) is 4.79 Å². The summed E-state index contributed by atoms with van der Waals surface area (Å²) in [6, 6.07) is 4.33. The largest absolute Gasteiger partial charge is 0.494 e. The first-order valence-electron chi connectivity index (χ1n) is 7.04. The first-order valence-corrected chi connectivity index (χ1v) is 7.04. The van der Waals surface area contributed by atoms with Gasteiger partial charge in [0.25, 0.3) is 0 Å². The van der Waals surface area contributed by atoms with E-state index in [1.165, 1.54) is 13.2 Å². The second-order valence-corrected chi connectivity index (χ2v) is 5.18. The summed E-state index contributed by atoms with van der Waals surface area (Å²) < 4.78 is 24.1. The average Bonchev–Trinajstić information content (AvgIpc) is 2.96. The minimum Gasteiger partial charge on any atom is -0.494 e. The van der Waals surface area contributed by atoms with Crippen molar-refractivity contribution in [3.8, 4) is 5.75 Å². The van der Waals surface area contributed by atoms with E-state index in [4.69, 9.17) is 15.2 Å². The van der Waals surface area contributed by atoms with E-state index in [2.05, 4.69) is 5.32 Å². The second kappa shape index (κ2) is 6.87. The smallest absolute Gasteiger partial charge is 0.249 e. The highest BCUT2D eigenvalue weighted by molar-refractivity contribution is 5.81. The van der Waals surface area contributed by atoms with Crippen LogP contribution >= 0.6 is 0 Å². The van der Waals surface area contributed by atoms with Crippen LogP contribution in [0, 0.1) is 5.82 Å². The normalized spacial score (nSPS) is 22.9. The number of benzene rings is 1. The number of ether oxygens (including phenoxy) is 2. The fraction of sp³-hybridized carbons (Fsp3) is 0.533. The molecule has 0 bridgehead atoms. The molecule has 3 atom stereocenters. The highest BCUT2D eigenvalue weighted by atomic mass is 19.1. The lowest BCUT2D eigenvalue weighted by Crippen LogP contribution is -2.37. The summed E-state index contributed by atoms with van der Waals surface area (Å²) in [5, 5.41) is 2.84. The van der Waals surface area contributed by atoms with Gasteiger partial charge in [0.2, 0.25) is 5.91 Å². The van der Waals surface area contributed by atoms with Gasteiger partial charge in [0, 0.05) is 6.54 Å². The summed E-state index contributed by atoms with van der Waals surface area (Å²) in [7, 11) is 1.41. The summed E-state index contributed by atoms with van der Waals surface area (Å²) in [6.07, 6.45) is 0.941. The molecule has 2 rings (SSSR count). The Morgan fingerprint density at radius 2 is 2.33 bits per heavy atom. The molecule has 1 aliphatic heterocycles. The van der Waals surface area contributed by atoms with Gasteiger partial charge in [0.1, 0.15) is 6.10 Å². The van der Waals surface area contributed by atoms with Gasteiger partial charge in [0.15, 0.2) is 11.6 Å². The Bertz CT molecular complexity index is 510. The van der Waals surface area contributed by atoms with Crippen molar-refractivity contribution in [1.82, 2.24) is 5.32 Å². The minimum atomic E-state index is -0.468. The molecule has 0 radical (unpaired) electrons. The van der Waals surface area contributed by atoms with Crippen molar-refractivity contribution in [2.45, 2.75) is 38.0 Å². The Kier molecular flexibility index (Phi) is 5.14. The summed E-state index contributed by atoms with van der Waals surface area (Å²) in [4.78, 5) is 12.1. The molecule has 1 aromatic carbocycles. The maximum absolute atomic E-state index is 13.7. The Hall–Kier alpha value is -1.66. The fourth-order valence-corrected chi connectivity index (χ4v) is 2.41. The van der Waals surface area contributed by atoms with Crippen LogP contribution in [-0.4, -0.2) is 31.8 Å². The van der Waals surface area contributed by atoms with E-state index in [0.29, 0.717) is 18.5 Å². The zero-order valence-corrected chi connectivity index (χ0v) is 12.3. The van der Waals surface area contributed by atoms with Crippen molar-refractivity contribution in [1.29, 1.82) is 0 Å². The minimum absolute atomic E-state index is 0.0468. The van der Waals surface area contributed by atoms with Crippen LogP contribution in [0.1, 0.15) is 31.4 Å². The number of amides is 1. The fourth-order valence-electron chi connectivity index (χ4n) is 2.41. The van der Waals surface area contributed by atoms with Crippen molar-refractivity contribution in [2.24, 2.45) is 5.73 Å². The molecule has 0 spiro atoms. The lowest BCUT2D eigenvalue weighted by Gasteiger charge is -2.18. The Morgan fingerprint density at radius 3 is 2.90 bits per heavy atom. The van der Waals surface area contributed by atoms with Crippen molar-refractivity contribution < 1.29 is 18.7 Å². The van der Waals surface area contributed by atoms with Crippen molar-refractivity contribution >= 4 is 5.91 Å². The number of carbonyl (C=O) groups excluding carboxylic acids is 1. The lowest BCUT2D eigenvalue weighted by molar-refractivity contribution is -0.132. The first-order chi connectivity index (χ1) is 10.0. The van der Waals surface area contributed by atoms with Gasteiger partial charge in [-0.1, -0.05) is 6.07 Å². The maximum atomic E-state index is 13.7. The van der Waals surface area contributed by atoms with Crippen LogP contribution in [-0.2, 0) is 9.53 Å². The molecular formula is C15H21FN2O3. The van der Waals surface area contributed by atoms with Crippen LogP contribution in [0.15, 0.2) is 18.2 Å². The number of hydrogen-bond donors (Lipinski definition) is 2. The summed E-state index contributed by atoms with van der Waals surface area (Å²) >= 11 is 0. The number of methoxy groups -OCH3 is 1. The number of nitrogens with one attached hydrogen (secondary N) is 1. The van der Waals surface area contributed by atoms with E-state index in [1.54, 1.807) is 19.1 Å². The SMILES string of the molecule is COc1ccc(C(C)NC(=O)[C@@H]2CC[C@H](CN)O2)cc1F. The van der Waals surface area contributed by atoms with Gasteiger partial charge in [-0.25, -0.2) is 4.39 Å². The summed E-state index contributed by atoms with van der Waals surface area (Å²) in [6.45, 7) is 2.22. The van der Waals surface area contributed by atoms with Gasteiger partial charge >= 0.3 is 0 Å². The third kappa shape index (κ3) is 3.71. The zero-order chi connectivity index (χ0) is 15.4. The molecular weight excluding hydrogens is 275 g/mol. The average molecular weight is 296 g/mol. The third-order valence-electron chi connectivity index (χ3n) is 3.70. The molecule has 3 N–H and O–H groups in total. The van der Waals surface area contributed by atoms with Crippen LogP contribution in [0.5, 0.6) is 5.75 Å². The standard InChI is InChI=1S/C15H21FN2O3/c1-9(10-3-5-13(20-2)12(16)7-10)18-15(19)14-6-4-11(8-17)21-14/h3,5,7,9,11,14H,4,6,8,17H2,1-2H3,(H,18,19)/t9?,11-,14+/m1/s1. The zero-order valence-electron chi connectivity index (χ0n) is 12.3. The molecule has 1 unspecified atom stereocenters. The molecule has 0 aromatic heterocycles. The molecule has 1 heterocycles. The van der Waals surface area contributed by atoms with E-state index in [0.717, 1.165) is 6.42 Å². The predicted molar refractivity (Wildman–Crippen MR) is 76.5 cm³/mol. The molecule has 21 heavy (non-hydrogen) atoms. The Morgan fingerprint density at radius 1 is 1.57 bits per heavy atom. The van der Waals surface area contributed by atoms with Crippen LogP contribution in [0.3, 0.4) is 0 Å². The molecule has 1 saturated heterocycles. The number of halogens is 1. The first kappa shape index (κ1) is 15.7.